The molecule has 0 saturated carbocycles. The van der Waals surface area contributed by atoms with Crippen molar-refractivity contribution in [2.75, 3.05) is 19.6 Å². The van der Waals surface area contributed by atoms with Crippen LogP contribution >= 0.6 is 0 Å². The van der Waals surface area contributed by atoms with Crippen molar-refractivity contribution in [3.05, 3.63) is 52.6 Å². The molecule has 1 saturated heterocycles. The molecule has 0 spiro atoms. The minimum Gasteiger partial charge on any atom is -0.301 e. The zero-order valence-corrected chi connectivity index (χ0v) is 13.2. The Labute approximate surface area is 134 Å². The second-order valence-electron chi connectivity index (χ2n) is 6.18. The van der Waals surface area contributed by atoms with Gasteiger partial charge >= 0.3 is 5.69 Å². The third-order valence-corrected chi connectivity index (χ3v) is 4.67. The Hall–Kier alpha value is -2.40. The Balaban J connectivity index is 1.74. The number of rotatable bonds is 4. The SMILES string of the molecule is Cc1ccccc1-c1cnc2[nH]c(=O)n(CCN3CCC3)c2c1. The van der Waals surface area contributed by atoms with Crippen LogP contribution in [0, 0.1) is 6.92 Å². The van der Waals surface area contributed by atoms with Gasteiger partial charge in [0.25, 0.3) is 0 Å². The zero-order chi connectivity index (χ0) is 15.8. The van der Waals surface area contributed by atoms with Crippen molar-refractivity contribution in [2.24, 2.45) is 0 Å². The monoisotopic (exact) mass is 308 g/mol. The summed E-state index contributed by atoms with van der Waals surface area (Å²) >= 11 is 0. The summed E-state index contributed by atoms with van der Waals surface area (Å²) in [5, 5.41) is 0. The lowest BCUT2D eigenvalue weighted by Gasteiger charge is -2.30. The molecule has 1 aliphatic rings. The van der Waals surface area contributed by atoms with Gasteiger partial charge in [0.1, 0.15) is 0 Å². The van der Waals surface area contributed by atoms with E-state index in [0.717, 1.165) is 36.3 Å². The van der Waals surface area contributed by atoms with Crippen molar-refractivity contribution in [3.8, 4) is 11.1 Å². The molecule has 118 valence electrons. The van der Waals surface area contributed by atoms with Crippen LogP contribution in [0.5, 0.6) is 0 Å². The van der Waals surface area contributed by atoms with Crippen LogP contribution in [0.1, 0.15) is 12.0 Å². The number of hydrogen-bond donors (Lipinski definition) is 1. The van der Waals surface area contributed by atoms with E-state index in [1.807, 2.05) is 22.9 Å². The summed E-state index contributed by atoms with van der Waals surface area (Å²) in [6.45, 7) is 6.00. The molecule has 3 heterocycles. The molecule has 1 aliphatic heterocycles. The predicted octanol–water partition coefficient (Wildman–Crippen LogP) is 2.41. The van der Waals surface area contributed by atoms with Gasteiger partial charge in [-0.05, 0) is 43.6 Å². The summed E-state index contributed by atoms with van der Waals surface area (Å²) in [6.07, 6.45) is 3.10. The Morgan fingerprint density at radius 1 is 1.22 bits per heavy atom. The Bertz CT molecular complexity index is 905. The number of benzene rings is 1. The smallest absolute Gasteiger partial charge is 0.301 e. The van der Waals surface area contributed by atoms with E-state index in [1.54, 1.807) is 0 Å². The summed E-state index contributed by atoms with van der Waals surface area (Å²) < 4.78 is 1.81. The number of hydrogen-bond acceptors (Lipinski definition) is 3. The zero-order valence-electron chi connectivity index (χ0n) is 13.2. The minimum atomic E-state index is -0.0741. The maximum Gasteiger partial charge on any atom is 0.327 e. The fraction of sp³-hybridized carbons (Fsp3) is 0.333. The number of nitrogens with one attached hydrogen (secondary N) is 1. The number of likely N-dealkylation sites (tertiary alicyclic amines) is 1. The molecule has 23 heavy (non-hydrogen) atoms. The highest BCUT2D eigenvalue weighted by Gasteiger charge is 2.15. The Kier molecular flexibility index (Phi) is 3.50. The average Bonchev–Trinajstić information content (AvgIpc) is 2.81. The number of fused-ring (bicyclic) bond motifs is 1. The van der Waals surface area contributed by atoms with Gasteiger partial charge < -0.3 is 4.90 Å². The van der Waals surface area contributed by atoms with E-state index in [4.69, 9.17) is 0 Å². The second-order valence-corrected chi connectivity index (χ2v) is 6.18. The highest BCUT2D eigenvalue weighted by Crippen LogP contribution is 2.24. The van der Waals surface area contributed by atoms with Gasteiger partial charge in [0, 0.05) is 24.8 Å². The van der Waals surface area contributed by atoms with Crippen LogP contribution in [0.15, 0.2) is 41.3 Å². The quantitative estimate of drug-likeness (QED) is 0.805. The Morgan fingerprint density at radius 3 is 2.78 bits per heavy atom. The lowest BCUT2D eigenvalue weighted by atomic mass is 10.0. The molecule has 4 rings (SSSR count). The van der Waals surface area contributed by atoms with Gasteiger partial charge in [-0.2, -0.15) is 0 Å². The lowest BCUT2D eigenvalue weighted by molar-refractivity contribution is 0.175. The van der Waals surface area contributed by atoms with Crippen LogP contribution in [-0.2, 0) is 6.54 Å². The van der Waals surface area contributed by atoms with Crippen LogP contribution in [0.25, 0.3) is 22.3 Å². The molecule has 1 fully saturated rings. The first-order valence-corrected chi connectivity index (χ1v) is 8.09. The van der Waals surface area contributed by atoms with E-state index >= 15 is 0 Å². The molecule has 0 radical (unpaired) electrons. The van der Waals surface area contributed by atoms with Crippen molar-refractivity contribution < 1.29 is 0 Å². The van der Waals surface area contributed by atoms with E-state index in [1.165, 1.54) is 12.0 Å². The van der Waals surface area contributed by atoms with Crippen LogP contribution < -0.4 is 5.69 Å². The van der Waals surface area contributed by atoms with Crippen molar-refractivity contribution in [3.63, 3.8) is 0 Å². The topological polar surface area (TPSA) is 53.9 Å². The minimum absolute atomic E-state index is 0.0741. The first-order valence-electron chi connectivity index (χ1n) is 8.09. The van der Waals surface area contributed by atoms with Crippen LogP contribution in [-0.4, -0.2) is 39.1 Å². The summed E-state index contributed by atoms with van der Waals surface area (Å²) in [7, 11) is 0. The molecule has 5 nitrogen and oxygen atoms in total. The van der Waals surface area contributed by atoms with Gasteiger partial charge in [-0.15, -0.1) is 0 Å². The highest BCUT2D eigenvalue weighted by atomic mass is 16.1. The normalized spacial score (nSPS) is 15.0. The molecule has 5 heteroatoms. The summed E-state index contributed by atoms with van der Waals surface area (Å²) in [4.78, 5) is 21.9. The first-order chi connectivity index (χ1) is 11.2. The average molecular weight is 308 g/mol. The van der Waals surface area contributed by atoms with Gasteiger partial charge in [0.15, 0.2) is 5.65 Å². The van der Waals surface area contributed by atoms with Crippen molar-refractivity contribution >= 4 is 11.2 Å². The third kappa shape index (κ3) is 2.57. The van der Waals surface area contributed by atoms with E-state index in [9.17, 15) is 4.79 Å². The van der Waals surface area contributed by atoms with Gasteiger partial charge in [-0.3, -0.25) is 9.55 Å². The molecule has 0 atom stereocenters. The molecular weight excluding hydrogens is 288 g/mol. The molecule has 1 N–H and O–H groups in total. The van der Waals surface area contributed by atoms with Gasteiger partial charge in [-0.1, -0.05) is 24.3 Å². The number of aromatic nitrogens is 3. The van der Waals surface area contributed by atoms with Crippen LogP contribution in [0.4, 0.5) is 0 Å². The molecule has 0 amide bonds. The Morgan fingerprint density at radius 2 is 2.04 bits per heavy atom. The van der Waals surface area contributed by atoms with Gasteiger partial charge in [0.05, 0.1) is 5.52 Å². The van der Waals surface area contributed by atoms with E-state index < -0.39 is 0 Å². The molecule has 0 bridgehead atoms. The fourth-order valence-corrected chi connectivity index (χ4v) is 3.15. The standard InChI is InChI=1S/C18H20N4O/c1-13-5-2-3-6-15(13)14-11-16-17(19-12-14)20-18(23)22(16)10-9-21-7-4-8-21/h2-3,5-6,11-12H,4,7-10H2,1H3,(H,19,20,23). The van der Waals surface area contributed by atoms with Crippen molar-refractivity contribution in [2.45, 2.75) is 19.9 Å². The molecule has 3 aromatic rings. The number of H-pyrrole nitrogens is 1. The summed E-state index contributed by atoms with van der Waals surface area (Å²) in [5.41, 5.74) is 4.89. The largest absolute Gasteiger partial charge is 0.327 e. The van der Waals surface area contributed by atoms with Gasteiger partial charge in [0.2, 0.25) is 0 Å². The summed E-state index contributed by atoms with van der Waals surface area (Å²) in [6, 6.07) is 10.3. The number of nitrogens with zero attached hydrogens (tertiary/aromatic N) is 3. The highest BCUT2D eigenvalue weighted by molar-refractivity contribution is 5.79. The molecule has 2 aromatic heterocycles. The van der Waals surface area contributed by atoms with Crippen LogP contribution in [0.2, 0.25) is 0 Å². The summed E-state index contributed by atoms with van der Waals surface area (Å²) in [5.74, 6) is 0. The molecule has 0 aliphatic carbocycles. The van der Waals surface area contributed by atoms with Crippen LogP contribution in [0.3, 0.4) is 0 Å². The number of aromatic amines is 1. The maximum atomic E-state index is 12.2. The van der Waals surface area contributed by atoms with E-state index in [-0.39, 0.29) is 5.69 Å². The third-order valence-electron chi connectivity index (χ3n) is 4.67. The van der Waals surface area contributed by atoms with E-state index in [0.29, 0.717) is 12.2 Å². The predicted molar refractivity (Wildman–Crippen MR) is 91.6 cm³/mol. The van der Waals surface area contributed by atoms with E-state index in [2.05, 4.69) is 40.0 Å². The molecular formula is C18H20N4O. The molecule has 0 unspecified atom stereocenters. The van der Waals surface area contributed by atoms with Gasteiger partial charge in [-0.25, -0.2) is 9.78 Å². The van der Waals surface area contributed by atoms with Crippen molar-refractivity contribution in [1.82, 2.24) is 19.4 Å². The maximum absolute atomic E-state index is 12.2. The lowest BCUT2D eigenvalue weighted by Crippen LogP contribution is -2.40. The second kappa shape index (κ2) is 5.66. The number of aryl methyl sites for hydroxylation is 1. The first kappa shape index (κ1) is 14.2. The van der Waals surface area contributed by atoms with Crippen molar-refractivity contribution in [1.29, 1.82) is 0 Å². The number of pyridine rings is 1. The number of imidazole rings is 1. The molecule has 1 aromatic carbocycles. The fourth-order valence-electron chi connectivity index (χ4n) is 3.15.